The Balaban J connectivity index is 1.45. The number of aromatic nitrogens is 1. The van der Waals surface area contributed by atoms with E-state index in [-0.39, 0.29) is 17.7 Å². The summed E-state index contributed by atoms with van der Waals surface area (Å²) in [5.41, 5.74) is 2.39. The van der Waals surface area contributed by atoms with Crippen LogP contribution in [0.1, 0.15) is 16.5 Å². The van der Waals surface area contributed by atoms with Crippen LogP contribution in [-0.2, 0) is 4.79 Å². The number of fused-ring (bicyclic) bond motifs is 1. The van der Waals surface area contributed by atoms with Crippen LogP contribution in [-0.4, -0.2) is 16.6 Å². The molecule has 0 spiro atoms. The lowest BCUT2D eigenvalue weighted by atomic mass is 10.1. The molecule has 0 saturated carbocycles. The molecule has 2 aromatic heterocycles. The van der Waals surface area contributed by atoms with Gasteiger partial charge in [-0.25, -0.2) is 4.98 Å². The van der Waals surface area contributed by atoms with Gasteiger partial charge < -0.3 is 9.73 Å². The normalized spacial score (nSPS) is 12.2. The summed E-state index contributed by atoms with van der Waals surface area (Å²) < 4.78 is 5.65. The number of benzene rings is 2. The van der Waals surface area contributed by atoms with Crippen molar-refractivity contribution >= 4 is 51.7 Å². The van der Waals surface area contributed by atoms with E-state index < -0.39 is 0 Å². The maximum Gasteiger partial charge on any atom is 0.257 e. The lowest BCUT2D eigenvalue weighted by Gasteiger charge is -2.17. The maximum absolute atomic E-state index is 12.5. The van der Waals surface area contributed by atoms with Gasteiger partial charge in [0.1, 0.15) is 5.52 Å². The van der Waals surface area contributed by atoms with Crippen LogP contribution >= 0.6 is 34.7 Å². The zero-order chi connectivity index (χ0) is 18.6. The Hall–Kier alpha value is -2.28. The fourth-order valence-corrected chi connectivity index (χ4v) is 4.30. The van der Waals surface area contributed by atoms with E-state index in [1.54, 1.807) is 29.5 Å². The van der Waals surface area contributed by atoms with Gasteiger partial charge in [0.05, 0.1) is 11.8 Å². The summed E-state index contributed by atoms with van der Waals surface area (Å²) in [4.78, 5) is 18.0. The number of carbonyl (C=O) groups excluding carboxylic acids is 1. The molecule has 1 N–H and O–H groups in total. The molecule has 0 aliphatic rings. The van der Waals surface area contributed by atoms with Crippen molar-refractivity contribution in [3.05, 3.63) is 81.5 Å². The fourth-order valence-electron chi connectivity index (χ4n) is 2.69. The van der Waals surface area contributed by atoms with E-state index in [4.69, 9.17) is 16.0 Å². The van der Waals surface area contributed by atoms with Crippen molar-refractivity contribution < 1.29 is 9.21 Å². The number of oxazole rings is 1. The van der Waals surface area contributed by atoms with Crippen molar-refractivity contribution in [1.29, 1.82) is 0 Å². The van der Waals surface area contributed by atoms with E-state index in [9.17, 15) is 4.79 Å². The molecule has 0 saturated heterocycles. The number of halogens is 1. The molecule has 0 radical (unpaired) electrons. The SMILES string of the molecule is O=C(CSc1nc2ccc(Cl)cc2o1)NC(c1ccccc1)c1cccs1. The first kappa shape index (κ1) is 18.1. The zero-order valence-corrected chi connectivity index (χ0v) is 16.5. The van der Waals surface area contributed by atoms with Gasteiger partial charge in [0.25, 0.3) is 5.22 Å². The van der Waals surface area contributed by atoms with E-state index in [2.05, 4.69) is 10.3 Å². The summed E-state index contributed by atoms with van der Waals surface area (Å²) in [7, 11) is 0. The average molecular weight is 415 g/mol. The van der Waals surface area contributed by atoms with Crippen LogP contribution in [0.2, 0.25) is 5.02 Å². The highest BCUT2D eigenvalue weighted by atomic mass is 35.5. The summed E-state index contributed by atoms with van der Waals surface area (Å²) >= 11 is 8.85. The van der Waals surface area contributed by atoms with Crippen LogP contribution in [0.25, 0.3) is 11.1 Å². The number of amides is 1. The highest BCUT2D eigenvalue weighted by Gasteiger charge is 2.18. The molecule has 4 aromatic rings. The molecular weight excluding hydrogens is 400 g/mol. The molecule has 0 aliphatic heterocycles. The quantitative estimate of drug-likeness (QED) is 0.421. The van der Waals surface area contributed by atoms with Crippen LogP contribution in [0.4, 0.5) is 0 Å². The molecule has 27 heavy (non-hydrogen) atoms. The lowest BCUT2D eigenvalue weighted by Crippen LogP contribution is -2.30. The third-order valence-corrected chi connectivity index (χ3v) is 5.92. The second kappa shape index (κ2) is 8.17. The van der Waals surface area contributed by atoms with Gasteiger partial charge in [-0.15, -0.1) is 11.3 Å². The van der Waals surface area contributed by atoms with Crippen molar-refractivity contribution in [2.75, 3.05) is 5.75 Å². The highest BCUT2D eigenvalue weighted by molar-refractivity contribution is 7.99. The van der Waals surface area contributed by atoms with Crippen LogP contribution in [0.15, 0.2) is 75.7 Å². The van der Waals surface area contributed by atoms with Gasteiger partial charge in [0, 0.05) is 16.0 Å². The lowest BCUT2D eigenvalue weighted by molar-refractivity contribution is -0.119. The summed E-state index contributed by atoms with van der Waals surface area (Å²) in [6.07, 6.45) is 0. The molecule has 1 atom stereocenters. The van der Waals surface area contributed by atoms with Crippen LogP contribution < -0.4 is 5.32 Å². The Bertz CT molecular complexity index is 1050. The molecule has 136 valence electrons. The van der Waals surface area contributed by atoms with Gasteiger partial charge in [-0.2, -0.15) is 0 Å². The van der Waals surface area contributed by atoms with Gasteiger partial charge in [-0.1, -0.05) is 59.8 Å². The zero-order valence-electron chi connectivity index (χ0n) is 14.1. The van der Waals surface area contributed by atoms with Crippen LogP contribution in [0.3, 0.4) is 0 Å². The first-order chi connectivity index (χ1) is 13.2. The van der Waals surface area contributed by atoms with E-state index in [0.717, 1.165) is 16.0 Å². The van der Waals surface area contributed by atoms with Crippen molar-refractivity contribution in [2.24, 2.45) is 0 Å². The Morgan fingerprint density at radius 3 is 2.81 bits per heavy atom. The molecule has 1 unspecified atom stereocenters. The van der Waals surface area contributed by atoms with E-state index >= 15 is 0 Å². The fraction of sp³-hybridized carbons (Fsp3) is 0.100. The molecule has 1 amide bonds. The highest BCUT2D eigenvalue weighted by Crippen LogP contribution is 2.28. The number of thiophene rings is 1. The van der Waals surface area contributed by atoms with Crippen molar-refractivity contribution in [2.45, 2.75) is 11.3 Å². The Morgan fingerprint density at radius 1 is 1.19 bits per heavy atom. The summed E-state index contributed by atoms with van der Waals surface area (Å²) in [5.74, 6) is 0.137. The molecule has 0 aliphatic carbocycles. The largest absolute Gasteiger partial charge is 0.431 e. The third kappa shape index (κ3) is 4.35. The first-order valence-electron chi connectivity index (χ1n) is 8.25. The van der Waals surface area contributed by atoms with Crippen LogP contribution in [0, 0.1) is 0 Å². The number of hydrogen-bond acceptors (Lipinski definition) is 5. The molecule has 7 heteroatoms. The van der Waals surface area contributed by atoms with Gasteiger partial charge in [-0.05, 0) is 29.1 Å². The predicted octanol–water partition coefficient (Wildman–Crippen LogP) is 5.54. The standard InChI is InChI=1S/C20H15ClN2O2S2/c21-14-8-9-15-16(11-14)25-20(22-15)27-12-18(24)23-19(17-7-4-10-26-17)13-5-2-1-3-6-13/h1-11,19H,12H2,(H,23,24). The number of thioether (sulfide) groups is 1. The maximum atomic E-state index is 12.5. The van der Waals surface area contributed by atoms with E-state index in [1.807, 2.05) is 47.8 Å². The Kier molecular flexibility index (Phi) is 5.48. The average Bonchev–Trinajstić information content (AvgIpc) is 3.34. The Labute approximate surface area is 169 Å². The first-order valence-corrected chi connectivity index (χ1v) is 10.5. The number of nitrogens with one attached hydrogen (secondary N) is 1. The number of hydrogen-bond donors (Lipinski definition) is 1. The molecule has 0 bridgehead atoms. The number of nitrogens with zero attached hydrogens (tertiary/aromatic N) is 1. The van der Waals surface area contributed by atoms with Crippen molar-refractivity contribution in [1.82, 2.24) is 10.3 Å². The topological polar surface area (TPSA) is 55.1 Å². The minimum absolute atomic E-state index is 0.0810. The smallest absolute Gasteiger partial charge is 0.257 e. The summed E-state index contributed by atoms with van der Waals surface area (Å²) in [6.45, 7) is 0. The van der Waals surface area contributed by atoms with Crippen molar-refractivity contribution in [3.63, 3.8) is 0 Å². The Morgan fingerprint density at radius 2 is 2.04 bits per heavy atom. The third-order valence-electron chi connectivity index (χ3n) is 3.92. The van der Waals surface area contributed by atoms with Crippen molar-refractivity contribution in [3.8, 4) is 0 Å². The van der Waals surface area contributed by atoms with Gasteiger partial charge in [-0.3, -0.25) is 4.79 Å². The number of rotatable bonds is 6. The monoisotopic (exact) mass is 414 g/mol. The molecule has 2 aromatic carbocycles. The second-order valence-corrected chi connectivity index (χ2v) is 8.15. The van der Waals surface area contributed by atoms with Crippen LogP contribution in [0.5, 0.6) is 0 Å². The van der Waals surface area contributed by atoms with E-state index in [0.29, 0.717) is 15.8 Å². The molecule has 2 heterocycles. The van der Waals surface area contributed by atoms with Gasteiger partial charge in [0.15, 0.2) is 5.58 Å². The van der Waals surface area contributed by atoms with Gasteiger partial charge in [0.2, 0.25) is 5.91 Å². The second-order valence-electron chi connectivity index (χ2n) is 5.81. The summed E-state index contributed by atoms with van der Waals surface area (Å²) in [6, 6.07) is 19.1. The predicted molar refractivity (Wildman–Crippen MR) is 110 cm³/mol. The minimum atomic E-state index is -0.165. The number of carbonyl (C=O) groups is 1. The molecular formula is C20H15ClN2O2S2. The molecule has 0 fully saturated rings. The minimum Gasteiger partial charge on any atom is -0.431 e. The summed E-state index contributed by atoms with van der Waals surface area (Å²) in [5, 5.41) is 6.16. The molecule has 4 nitrogen and oxygen atoms in total. The van der Waals surface area contributed by atoms with E-state index in [1.165, 1.54) is 11.8 Å². The van der Waals surface area contributed by atoms with Gasteiger partial charge >= 0.3 is 0 Å². The molecule has 4 rings (SSSR count).